The van der Waals surface area contributed by atoms with Crippen LogP contribution >= 0.6 is 0 Å². The van der Waals surface area contributed by atoms with Crippen LogP contribution in [0.4, 0.5) is 5.69 Å². The van der Waals surface area contributed by atoms with E-state index in [0.717, 1.165) is 12.5 Å². The van der Waals surface area contributed by atoms with Crippen molar-refractivity contribution in [3.05, 3.63) is 23.8 Å². The van der Waals surface area contributed by atoms with E-state index in [1.54, 1.807) is 0 Å². The summed E-state index contributed by atoms with van der Waals surface area (Å²) in [7, 11) is -2.30. The number of rotatable bonds is 8. The molecule has 0 spiro atoms. The van der Waals surface area contributed by atoms with Crippen molar-refractivity contribution in [3.63, 3.8) is 0 Å². The number of benzene rings is 1. The molecule has 118 valence electrons. The Morgan fingerprint density at radius 1 is 1.29 bits per heavy atom. The molecular formula is C13H20N2O5S. The minimum absolute atomic E-state index is 0.0583. The number of hydrogen-bond donors (Lipinski definition) is 3. The molecular weight excluding hydrogens is 296 g/mol. The SMILES string of the molecule is CN(CCCCCO)S(=O)(=O)c1ccc(C(=O)O)cc1N. The number of nitrogens with zero attached hydrogens (tertiary/aromatic N) is 1. The van der Waals surface area contributed by atoms with Gasteiger partial charge in [0.05, 0.1) is 11.3 Å². The van der Waals surface area contributed by atoms with E-state index < -0.39 is 16.0 Å². The largest absolute Gasteiger partial charge is 0.478 e. The van der Waals surface area contributed by atoms with Crippen LogP contribution in [0, 0.1) is 0 Å². The molecule has 4 N–H and O–H groups in total. The molecule has 0 aliphatic carbocycles. The van der Waals surface area contributed by atoms with Gasteiger partial charge in [0.2, 0.25) is 10.0 Å². The fourth-order valence-corrected chi connectivity index (χ4v) is 3.13. The summed E-state index contributed by atoms with van der Waals surface area (Å²) in [5.41, 5.74) is 5.51. The molecule has 0 heterocycles. The highest BCUT2D eigenvalue weighted by Crippen LogP contribution is 2.23. The van der Waals surface area contributed by atoms with Gasteiger partial charge in [-0.2, -0.15) is 0 Å². The standard InChI is InChI=1S/C13H20N2O5S/c1-15(7-3-2-4-8-16)21(19,20)12-6-5-10(13(17)18)9-11(12)14/h5-6,9,16H,2-4,7-8,14H2,1H3,(H,17,18). The molecule has 0 aliphatic rings. The number of carbonyl (C=O) groups is 1. The normalized spacial score (nSPS) is 11.8. The van der Waals surface area contributed by atoms with Crippen LogP contribution in [0.5, 0.6) is 0 Å². The summed E-state index contributed by atoms with van der Waals surface area (Å²) < 4.78 is 25.9. The number of aliphatic hydroxyl groups is 1. The van der Waals surface area contributed by atoms with E-state index in [9.17, 15) is 13.2 Å². The van der Waals surface area contributed by atoms with Crippen molar-refractivity contribution in [2.45, 2.75) is 24.2 Å². The summed E-state index contributed by atoms with van der Waals surface area (Å²) >= 11 is 0. The van der Waals surface area contributed by atoms with Crippen LogP contribution in [0.15, 0.2) is 23.1 Å². The van der Waals surface area contributed by atoms with E-state index in [4.69, 9.17) is 15.9 Å². The molecule has 0 saturated carbocycles. The minimum Gasteiger partial charge on any atom is -0.478 e. The first kappa shape index (κ1) is 17.4. The molecule has 0 saturated heterocycles. The van der Waals surface area contributed by atoms with Gasteiger partial charge in [-0.1, -0.05) is 0 Å². The number of carboxylic acids is 1. The molecule has 0 amide bonds. The quantitative estimate of drug-likeness (QED) is 0.481. The number of hydrogen-bond acceptors (Lipinski definition) is 5. The van der Waals surface area contributed by atoms with Crippen molar-refractivity contribution >= 4 is 21.7 Å². The zero-order chi connectivity index (χ0) is 16.0. The van der Waals surface area contributed by atoms with Crippen molar-refractivity contribution < 1.29 is 23.4 Å². The maximum Gasteiger partial charge on any atom is 0.335 e. The number of sulfonamides is 1. The highest BCUT2D eigenvalue weighted by atomic mass is 32.2. The highest BCUT2D eigenvalue weighted by Gasteiger charge is 2.23. The Kier molecular flexibility index (Phi) is 6.13. The van der Waals surface area contributed by atoms with E-state index in [2.05, 4.69) is 0 Å². The van der Waals surface area contributed by atoms with Gasteiger partial charge in [0.1, 0.15) is 4.90 Å². The molecule has 1 aromatic rings. The second-order valence-corrected chi connectivity index (χ2v) is 6.68. The Morgan fingerprint density at radius 3 is 2.48 bits per heavy atom. The molecule has 0 unspecified atom stereocenters. The Balaban J connectivity index is 2.89. The smallest absolute Gasteiger partial charge is 0.335 e. The van der Waals surface area contributed by atoms with Crippen LogP contribution in [0.1, 0.15) is 29.6 Å². The summed E-state index contributed by atoms with van der Waals surface area (Å²) in [5, 5.41) is 17.5. The minimum atomic E-state index is -3.75. The monoisotopic (exact) mass is 316 g/mol. The second-order valence-electron chi connectivity index (χ2n) is 4.67. The Morgan fingerprint density at radius 2 is 1.95 bits per heavy atom. The van der Waals surface area contributed by atoms with E-state index in [-0.39, 0.29) is 22.8 Å². The lowest BCUT2D eigenvalue weighted by Crippen LogP contribution is -2.28. The van der Waals surface area contributed by atoms with Crippen molar-refractivity contribution in [1.82, 2.24) is 4.31 Å². The zero-order valence-electron chi connectivity index (χ0n) is 11.8. The molecule has 0 bridgehead atoms. The van der Waals surface area contributed by atoms with Gasteiger partial charge in [-0.3, -0.25) is 0 Å². The fraction of sp³-hybridized carbons (Fsp3) is 0.462. The summed E-state index contributed by atoms with van der Waals surface area (Å²) in [6, 6.07) is 3.55. The number of unbranched alkanes of at least 4 members (excludes halogenated alkanes) is 2. The first-order valence-electron chi connectivity index (χ1n) is 6.50. The van der Waals surface area contributed by atoms with Crippen molar-refractivity contribution in [1.29, 1.82) is 0 Å². The number of carboxylic acid groups (broad SMARTS) is 1. The fourth-order valence-electron chi connectivity index (χ4n) is 1.83. The zero-order valence-corrected chi connectivity index (χ0v) is 12.6. The van der Waals surface area contributed by atoms with Gasteiger partial charge >= 0.3 is 5.97 Å². The maximum absolute atomic E-state index is 12.3. The number of aromatic carboxylic acids is 1. The van der Waals surface area contributed by atoms with Gasteiger partial charge in [0, 0.05) is 20.2 Å². The average Bonchev–Trinajstić information content (AvgIpc) is 2.42. The van der Waals surface area contributed by atoms with Gasteiger partial charge in [0.25, 0.3) is 0 Å². The summed E-state index contributed by atoms with van der Waals surface area (Å²) in [6.07, 6.45) is 1.98. The van der Waals surface area contributed by atoms with E-state index in [0.29, 0.717) is 19.4 Å². The van der Waals surface area contributed by atoms with Crippen LogP contribution in [0.25, 0.3) is 0 Å². The van der Waals surface area contributed by atoms with Gasteiger partial charge in [0.15, 0.2) is 0 Å². The summed E-state index contributed by atoms with van der Waals surface area (Å²) in [4.78, 5) is 10.7. The summed E-state index contributed by atoms with van der Waals surface area (Å²) in [6.45, 7) is 0.391. The first-order chi connectivity index (χ1) is 9.80. The van der Waals surface area contributed by atoms with E-state index >= 15 is 0 Å². The molecule has 0 atom stereocenters. The van der Waals surface area contributed by atoms with E-state index in [1.807, 2.05) is 0 Å². The number of nitrogen functional groups attached to an aromatic ring is 1. The highest BCUT2D eigenvalue weighted by molar-refractivity contribution is 7.89. The van der Waals surface area contributed by atoms with Crippen LogP contribution in [-0.4, -0.2) is 49.1 Å². The second kappa shape index (κ2) is 7.39. The van der Waals surface area contributed by atoms with Crippen molar-refractivity contribution in [2.24, 2.45) is 0 Å². The Bertz CT molecular complexity index is 601. The van der Waals surface area contributed by atoms with Crippen LogP contribution < -0.4 is 5.73 Å². The van der Waals surface area contributed by atoms with Crippen LogP contribution in [0.3, 0.4) is 0 Å². The predicted octanol–water partition coefficient (Wildman–Crippen LogP) is 0.750. The third-order valence-corrected chi connectivity index (χ3v) is 5.01. The number of anilines is 1. The topological polar surface area (TPSA) is 121 Å². The summed E-state index contributed by atoms with van der Waals surface area (Å²) in [5.74, 6) is -1.16. The first-order valence-corrected chi connectivity index (χ1v) is 7.94. The lowest BCUT2D eigenvalue weighted by molar-refractivity contribution is 0.0697. The van der Waals surface area contributed by atoms with Crippen molar-refractivity contribution in [3.8, 4) is 0 Å². The predicted molar refractivity (Wildman–Crippen MR) is 78.6 cm³/mol. The van der Waals surface area contributed by atoms with Crippen LogP contribution in [-0.2, 0) is 10.0 Å². The molecule has 0 aliphatic heterocycles. The molecule has 21 heavy (non-hydrogen) atoms. The lowest BCUT2D eigenvalue weighted by Gasteiger charge is -2.18. The number of nitrogens with two attached hydrogens (primary N) is 1. The third-order valence-electron chi connectivity index (χ3n) is 3.08. The van der Waals surface area contributed by atoms with Crippen molar-refractivity contribution in [2.75, 3.05) is 25.9 Å². The lowest BCUT2D eigenvalue weighted by atomic mass is 10.2. The molecule has 0 fully saturated rings. The molecule has 7 nitrogen and oxygen atoms in total. The average molecular weight is 316 g/mol. The van der Waals surface area contributed by atoms with Gasteiger partial charge in [-0.15, -0.1) is 0 Å². The molecule has 1 rings (SSSR count). The molecule has 0 aromatic heterocycles. The van der Waals surface area contributed by atoms with Gasteiger partial charge in [-0.05, 0) is 37.5 Å². The van der Waals surface area contributed by atoms with Gasteiger partial charge in [-0.25, -0.2) is 17.5 Å². The number of aliphatic hydroxyl groups excluding tert-OH is 1. The van der Waals surface area contributed by atoms with E-state index in [1.165, 1.54) is 23.5 Å². The Labute approximate surface area is 124 Å². The maximum atomic E-state index is 12.3. The molecule has 0 radical (unpaired) electrons. The Hall–Kier alpha value is -1.64. The third kappa shape index (κ3) is 4.42. The van der Waals surface area contributed by atoms with Crippen LogP contribution in [0.2, 0.25) is 0 Å². The van der Waals surface area contributed by atoms with Gasteiger partial charge < -0.3 is 15.9 Å². The molecule has 1 aromatic carbocycles. The molecule has 8 heteroatoms.